The highest BCUT2D eigenvalue weighted by Gasteiger charge is 2.22. The van der Waals surface area contributed by atoms with Gasteiger partial charge in [-0.1, -0.05) is 0 Å². The summed E-state index contributed by atoms with van der Waals surface area (Å²) >= 11 is 0. The normalized spacial score (nSPS) is 16.7. The summed E-state index contributed by atoms with van der Waals surface area (Å²) in [5.41, 5.74) is 2.44. The van der Waals surface area contributed by atoms with Crippen LogP contribution in [0.25, 0.3) is 11.4 Å². The number of hydrogen-bond acceptors (Lipinski definition) is 10. The van der Waals surface area contributed by atoms with Crippen molar-refractivity contribution in [1.82, 2.24) is 25.2 Å². The fourth-order valence-electron chi connectivity index (χ4n) is 4.38. The Morgan fingerprint density at radius 2 is 1.62 bits per heavy atom. The highest BCUT2D eigenvalue weighted by atomic mass is 16.6. The first-order chi connectivity index (χ1) is 20.4. The molecule has 2 aliphatic rings. The topological polar surface area (TPSA) is 143 Å². The lowest BCUT2D eigenvalue weighted by molar-refractivity contribution is 0.0951. The second-order valence-electron chi connectivity index (χ2n) is 10.2. The number of benzene rings is 2. The van der Waals surface area contributed by atoms with Gasteiger partial charge in [-0.2, -0.15) is 15.0 Å². The molecular formula is C29H36N8O5. The summed E-state index contributed by atoms with van der Waals surface area (Å²) in [7, 11) is 3.89. The second kappa shape index (κ2) is 14.0. The third kappa shape index (κ3) is 8.12. The molecule has 1 aromatic heterocycles. The van der Waals surface area contributed by atoms with Gasteiger partial charge < -0.3 is 40.0 Å². The van der Waals surface area contributed by atoms with Gasteiger partial charge in [-0.05, 0) is 62.6 Å². The van der Waals surface area contributed by atoms with E-state index in [1.165, 1.54) is 0 Å². The standard InChI is InChI=1S/C29H36N8O5/c1-36(2)13-12-30-26(38)21-5-9-23(10-6-21)32-28(39)31-22-7-3-20(4-8-22)25-33-27(37-14-17-40-18-15-37)35-29(34-25)42-24-11-16-41-19-24/h3-10,24H,11-19H2,1-2H3,(H,30,38)(H2,31,32,39). The second-order valence-corrected chi connectivity index (χ2v) is 10.2. The average Bonchev–Trinajstić information content (AvgIpc) is 3.51. The highest BCUT2D eigenvalue weighted by Crippen LogP contribution is 2.24. The van der Waals surface area contributed by atoms with E-state index in [1.807, 2.05) is 31.1 Å². The molecule has 42 heavy (non-hydrogen) atoms. The van der Waals surface area contributed by atoms with Crippen LogP contribution in [0.4, 0.5) is 22.1 Å². The van der Waals surface area contributed by atoms with E-state index >= 15 is 0 Å². The number of ether oxygens (including phenoxy) is 3. The Kier molecular flexibility index (Phi) is 9.74. The lowest BCUT2D eigenvalue weighted by Gasteiger charge is -2.27. The predicted molar refractivity (Wildman–Crippen MR) is 158 cm³/mol. The van der Waals surface area contributed by atoms with Gasteiger partial charge in [-0.3, -0.25) is 4.79 Å². The number of likely N-dealkylation sites (N-methyl/N-ethyl adjacent to an activating group) is 1. The van der Waals surface area contributed by atoms with E-state index in [-0.39, 0.29) is 18.0 Å². The van der Waals surface area contributed by atoms with Gasteiger partial charge in [0.05, 0.1) is 26.4 Å². The fraction of sp³-hybridized carbons (Fsp3) is 0.414. The number of hydrogen-bond donors (Lipinski definition) is 3. The molecule has 5 rings (SSSR count). The lowest BCUT2D eigenvalue weighted by atomic mass is 10.2. The first-order valence-electron chi connectivity index (χ1n) is 14.0. The molecule has 3 N–H and O–H groups in total. The molecule has 222 valence electrons. The first kappa shape index (κ1) is 29.2. The maximum Gasteiger partial charge on any atom is 0.323 e. The monoisotopic (exact) mass is 576 g/mol. The molecule has 0 radical (unpaired) electrons. The van der Waals surface area contributed by atoms with Crippen molar-refractivity contribution in [3.8, 4) is 17.4 Å². The van der Waals surface area contributed by atoms with Crippen LogP contribution in [0.15, 0.2) is 48.5 Å². The Morgan fingerprint density at radius 3 is 2.26 bits per heavy atom. The minimum absolute atomic E-state index is 0.0932. The lowest BCUT2D eigenvalue weighted by Crippen LogP contribution is -2.37. The number of aromatic nitrogens is 3. The van der Waals surface area contributed by atoms with E-state index in [0.717, 1.165) is 18.5 Å². The molecule has 2 aliphatic heterocycles. The van der Waals surface area contributed by atoms with Crippen molar-refractivity contribution in [2.45, 2.75) is 12.5 Å². The van der Waals surface area contributed by atoms with Crippen molar-refractivity contribution >= 4 is 29.3 Å². The molecule has 3 amide bonds. The van der Waals surface area contributed by atoms with E-state index in [0.29, 0.717) is 74.8 Å². The van der Waals surface area contributed by atoms with Gasteiger partial charge in [0.1, 0.15) is 6.10 Å². The van der Waals surface area contributed by atoms with Crippen LogP contribution in [-0.2, 0) is 9.47 Å². The average molecular weight is 577 g/mol. The molecule has 1 atom stereocenters. The number of morpholine rings is 1. The molecule has 0 saturated carbocycles. The van der Waals surface area contributed by atoms with Crippen LogP contribution in [0.5, 0.6) is 6.01 Å². The van der Waals surface area contributed by atoms with Crippen LogP contribution in [0.3, 0.4) is 0 Å². The van der Waals surface area contributed by atoms with E-state index in [9.17, 15) is 9.59 Å². The van der Waals surface area contributed by atoms with Crippen molar-refractivity contribution in [2.75, 3.05) is 82.2 Å². The Balaban J connectivity index is 1.21. The first-order valence-corrected chi connectivity index (χ1v) is 14.0. The van der Waals surface area contributed by atoms with Crippen molar-refractivity contribution in [2.24, 2.45) is 0 Å². The quantitative estimate of drug-likeness (QED) is 0.329. The van der Waals surface area contributed by atoms with Crippen LogP contribution in [0, 0.1) is 0 Å². The van der Waals surface area contributed by atoms with Gasteiger partial charge in [0, 0.05) is 55.1 Å². The summed E-state index contributed by atoms with van der Waals surface area (Å²) in [5.74, 6) is 0.854. The Bertz CT molecular complexity index is 1340. The van der Waals surface area contributed by atoms with Gasteiger partial charge in [0.15, 0.2) is 5.82 Å². The van der Waals surface area contributed by atoms with E-state index in [2.05, 4.69) is 30.8 Å². The molecule has 3 aromatic rings. The fourth-order valence-corrected chi connectivity index (χ4v) is 4.38. The van der Waals surface area contributed by atoms with Crippen LogP contribution in [0.2, 0.25) is 0 Å². The molecule has 13 nitrogen and oxygen atoms in total. The Labute approximate surface area is 244 Å². The van der Waals surface area contributed by atoms with E-state index in [4.69, 9.17) is 19.2 Å². The third-order valence-electron chi connectivity index (χ3n) is 6.71. The number of anilines is 3. The third-order valence-corrected chi connectivity index (χ3v) is 6.71. The predicted octanol–water partition coefficient (Wildman–Crippen LogP) is 2.48. The van der Waals surface area contributed by atoms with Crippen LogP contribution in [-0.4, -0.2) is 105 Å². The Morgan fingerprint density at radius 1 is 0.929 bits per heavy atom. The van der Waals surface area contributed by atoms with E-state index in [1.54, 1.807) is 36.4 Å². The molecule has 3 heterocycles. The van der Waals surface area contributed by atoms with Crippen LogP contribution < -0.4 is 25.6 Å². The maximum absolute atomic E-state index is 12.6. The number of carbonyl (C=O) groups is 2. The summed E-state index contributed by atoms with van der Waals surface area (Å²) in [6, 6.07) is 13.8. The summed E-state index contributed by atoms with van der Waals surface area (Å²) in [6.45, 7) is 5.04. The molecule has 0 spiro atoms. The van der Waals surface area contributed by atoms with Crippen LogP contribution in [0.1, 0.15) is 16.8 Å². The van der Waals surface area contributed by atoms with Gasteiger partial charge in [0.25, 0.3) is 5.91 Å². The molecule has 0 aliphatic carbocycles. The van der Waals surface area contributed by atoms with E-state index < -0.39 is 6.03 Å². The smallest absolute Gasteiger partial charge is 0.323 e. The summed E-state index contributed by atoms with van der Waals surface area (Å²) in [5, 5.41) is 8.47. The largest absolute Gasteiger partial charge is 0.457 e. The summed E-state index contributed by atoms with van der Waals surface area (Å²) in [4.78, 5) is 42.7. The minimum Gasteiger partial charge on any atom is -0.457 e. The van der Waals surface area contributed by atoms with Crippen molar-refractivity contribution in [3.05, 3.63) is 54.1 Å². The maximum atomic E-state index is 12.6. The zero-order chi connectivity index (χ0) is 29.3. The molecule has 2 fully saturated rings. The number of nitrogens with zero attached hydrogens (tertiary/aromatic N) is 5. The van der Waals surface area contributed by atoms with Crippen molar-refractivity contribution in [1.29, 1.82) is 0 Å². The number of nitrogens with one attached hydrogen (secondary N) is 3. The van der Waals surface area contributed by atoms with Gasteiger partial charge in [-0.25, -0.2) is 4.79 Å². The van der Waals surface area contributed by atoms with Crippen molar-refractivity contribution < 1.29 is 23.8 Å². The van der Waals surface area contributed by atoms with Gasteiger partial charge in [-0.15, -0.1) is 0 Å². The van der Waals surface area contributed by atoms with Gasteiger partial charge >= 0.3 is 12.0 Å². The molecule has 0 bridgehead atoms. The molecular weight excluding hydrogens is 540 g/mol. The molecule has 1 unspecified atom stereocenters. The van der Waals surface area contributed by atoms with Crippen molar-refractivity contribution in [3.63, 3.8) is 0 Å². The molecule has 2 saturated heterocycles. The number of rotatable bonds is 10. The molecule has 13 heteroatoms. The number of urea groups is 1. The molecule has 2 aromatic carbocycles. The van der Waals surface area contributed by atoms with Crippen LogP contribution >= 0.6 is 0 Å². The zero-order valence-corrected chi connectivity index (χ0v) is 23.8. The SMILES string of the molecule is CN(C)CCNC(=O)c1ccc(NC(=O)Nc2ccc(-c3nc(OC4CCOC4)nc(N4CCOCC4)n3)cc2)cc1. The Hall–Kier alpha value is -4.33. The number of carbonyl (C=O) groups excluding carboxylic acids is 2. The van der Waals surface area contributed by atoms with Gasteiger partial charge in [0.2, 0.25) is 5.95 Å². The number of amides is 3. The zero-order valence-electron chi connectivity index (χ0n) is 23.8. The minimum atomic E-state index is -0.407. The summed E-state index contributed by atoms with van der Waals surface area (Å²) in [6.07, 6.45) is 0.691. The summed E-state index contributed by atoms with van der Waals surface area (Å²) < 4.78 is 16.9. The highest BCUT2D eigenvalue weighted by molar-refractivity contribution is 6.00.